The van der Waals surface area contributed by atoms with Crippen LogP contribution < -0.4 is 0 Å². The van der Waals surface area contributed by atoms with Crippen molar-refractivity contribution >= 4 is 17.5 Å². The summed E-state index contributed by atoms with van der Waals surface area (Å²) in [5.74, 6) is -0.863. The van der Waals surface area contributed by atoms with Crippen molar-refractivity contribution in [3.05, 3.63) is 53.6 Å². The molecular weight excluding hydrogens is 437 g/mol. The predicted molar refractivity (Wildman–Crippen MR) is 126 cm³/mol. The number of halogens is 1. The second-order valence-corrected chi connectivity index (χ2v) is 10.0. The number of nitrogens with zero attached hydrogens (tertiary/aromatic N) is 5. The minimum Gasteiger partial charge on any atom is -0.383 e. The highest BCUT2D eigenvalue weighted by atomic mass is 19.1. The summed E-state index contributed by atoms with van der Waals surface area (Å²) in [6, 6.07) is 7.70. The average Bonchev–Trinajstić information content (AvgIpc) is 3.22. The summed E-state index contributed by atoms with van der Waals surface area (Å²) in [5.41, 5.74) is 2.55. The van der Waals surface area contributed by atoms with Gasteiger partial charge in [0.1, 0.15) is 17.6 Å². The van der Waals surface area contributed by atoms with Crippen molar-refractivity contribution in [1.82, 2.24) is 24.4 Å². The third-order valence-electron chi connectivity index (χ3n) is 6.22. The van der Waals surface area contributed by atoms with E-state index in [1.54, 1.807) is 32.6 Å². The van der Waals surface area contributed by atoms with Crippen LogP contribution >= 0.6 is 0 Å². The number of hydrogen-bond donors (Lipinski definition) is 1. The standard InChI is InChI=1S/C25H30FN5O3/c1-15-12-19(17-6-8-18(26)9-7-17)28-31-14-20(27-22(15)31)23(33)29-10-11-30(16(2)13-29)24(34)21(32)25(3,4)5/h6-9,12,14,16,21,32H,10-11,13H2,1-5H3/t16-,21-/m0/s1. The van der Waals surface area contributed by atoms with Crippen LogP contribution in [-0.4, -0.2) is 73.1 Å². The second-order valence-electron chi connectivity index (χ2n) is 10.0. The summed E-state index contributed by atoms with van der Waals surface area (Å²) in [6.07, 6.45) is 0.503. The number of fused-ring (bicyclic) bond motifs is 1. The third-order valence-corrected chi connectivity index (χ3v) is 6.22. The van der Waals surface area contributed by atoms with Crippen molar-refractivity contribution in [2.75, 3.05) is 19.6 Å². The van der Waals surface area contributed by atoms with E-state index in [0.717, 1.165) is 11.1 Å². The average molecular weight is 468 g/mol. The number of aliphatic hydroxyl groups excluding tert-OH is 1. The van der Waals surface area contributed by atoms with Gasteiger partial charge in [-0.25, -0.2) is 13.9 Å². The smallest absolute Gasteiger partial charge is 0.274 e. The molecule has 9 heteroatoms. The molecule has 1 aromatic carbocycles. The van der Waals surface area contributed by atoms with Gasteiger partial charge in [0.05, 0.1) is 11.9 Å². The molecule has 3 aromatic rings. The van der Waals surface area contributed by atoms with Crippen LogP contribution in [0.15, 0.2) is 36.5 Å². The van der Waals surface area contributed by atoms with E-state index in [1.165, 1.54) is 12.1 Å². The van der Waals surface area contributed by atoms with Crippen LogP contribution in [0.5, 0.6) is 0 Å². The number of rotatable bonds is 3. The van der Waals surface area contributed by atoms with Crippen LogP contribution in [0.4, 0.5) is 4.39 Å². The van der Waals surface area contributed by atoms with E-state index in [1.807, 2.05) is 40.7 Å². The van der Waals surface area contributed by atoms with Crippen LogP contribution in [0.3, 0.4) is 0 Å². The Hall–Kier alpha value is -3.33. The number of piperazine rings is 1. The van der Waals surface area contributed by atoms with E-state index in [-0.39, 0.29) is 29.4 Å². The molecule has 0 aliphatic carbocycles. The summed E-state index contributed by atoms with van der Waals surface area (Å²) < 4.78 is 14.9. The molecule has 1 aliphatic heterocycles. The van der Waals surface area contributed by atoms with Gasteiger partial charge in [0.15, 0.2) is 5.65 Å². The normalized spacial score (nSPS) is 17.8. The van der Waals surface area contributed by atoms with Gasteiger partial charge in [0.25, 0.3) is 11.8 Å². The van der Waals surface area contributed by atoms with Gasteiger partial charge in [-0.15, -0.1) is 0 Å². The van der Waals surface area contributed by atoms with Crippen LogP contribution in [0, 0.1) is 18.2 Å². The summed E-state index contributed by atoms with van der Waals surface area (Å²) in [4.78, 5) is 33.8. The first kappa shape index (κ1) is 23.8. The maximum Gasteiger partial charge on any atom is 0.274 e. The highest BCUT2D eigenvalue weighted by molar-refractivity contribution is 5.93. The molecule has 1 N–H and O–H groups in total. The van der Waals surface area contributed by atoms with Crippen molar-refractivity contribution in [3.8, 4) is 11.3 Å². The minimum atomic E-state index is -1.10. The molecule has 2 amide bonds. The molecule has 0 spiro atoms. The molecule has 0 bridgehead atoms. The van der Waals surface area contributed by atoms with Crippen LogP contribution in [0.1, 0.15) is 43.7 Å². The van der Waals surface area contributed by atoms with Gasteiger partial charge in [-0.2, -0.15) is 5.10 Å². The number of carbonyl (C=O) groups excluding carboxylic acids is 2. The van der Waals surface area contributed by atoms with Gasteiger partial charge < -0.3 is 14.9 Å². The summed E-state index contributed by atoms with van der Waals surface area (Å²) in [6.45, 7) is 10.3. The molecule has 3 heterocycles. The molecular formula is C25H30FN5O3. The van der Waals surface area contributed by atoms with Gasteiger partial charge in [0.2, 0.25) is 0 Å². The highest BCUT2D eigenvalue weighted by Crippen LogP contribution is 2.24. The van der Waals surface area contributed by atoms with E-state index < -0.39 is 11.5 Å². The zero-order valence-corrected chi connectivity index (χ0v) is 20.1. The predicted octanol–water partition coefficient (Wildman–Crippen LogP) is 2.92. The highest BCUT2D eigenvalue weighted by Gasteiger charge is 2.37. The first-order valence-electron chi connectivity index (χ1n) is 11.4. The monoisotopic (exact) mass is 467 g/mol. The van der Waals surface area contributed by atoms with Crippen molar-refractivity contribution in [3.63, 3.8) is 0 Å². The molecule has 8 nitrogen and oxygen atoms in total. The van der Waals surface area contributed by atoms with Gasteiger partial charge in [-0.3, -0.25) is 9.59 Å². The van der Waals surface area contributed by atoms with Crippen LogP contribution in [-0.2, 0) is 4.79 Å². The van der Waals surface area contributed by atoms with Crippen molar-refractivity contribution in [1.29, 1.82) is 0 Å². The van der Waals surface area contributed by atoms with E-state index in [2.05, 4.69) is 10.1 Å². The summed E-state index contributed by atoms with van der Waals surface area (Å²) in [7, 11) is 0. The molecule has 4 rings (SSSR count). The lowest BCUT2D eigenvalue weighted by Gasteiger charge is -2.41. The van der Waals surface area contributed by atoms with E-state index in [4.69, 9.17) is 0 Å². The van der Waals surface area contributed by atoms with Crippen molar-refractivity contribution in [2.45, 2.75) is 46.8 Å². The molecule has 0 radical (unpaired) electrons. The number of imidazole rings is 1. The van der Waals surface area contributed by atoms with E-state index in [0.29, 0.717) is 31.0 Å². The van der Waals surface area contributed by atoms with Crippen LogP contribution in [0.2, 0.25) is 0 Å². The lowest BCUT2D eigenvalue weighted by atomic mass is 9.88. The number of amides is 2. The van der Waals surface area contributed by atoms with Crippen molar-refractivity contribution < 1.29 is 19.1 Å². The maximum absolute atomic E-state index is 13.3. The Morgan fingerprint density at radius 1 is 1.18 bits per heavy atom. The number of aliphatic hydroxyl groups is 1. The molecule has 0 saturated carbocycles. The molecule has 2 atom stereocenters. The number of hydrogen-bond acceptors (Lipinski definition) is 5. The Kier molecular flexibility index (Phi) is 6.16. The zero-order chi connectivity index (χ0) is 24.8. The Morgan fingerprint density at radius 2 is 1.85 bits per heavy atom. The second kappa shape index (κ2) is 8.79. The van der Waals surface area contributed by atoms with Gasteiger partial charge in [-0.05, 0) is 55.2 Å². The molecule has 1 aliphatic rings. The molecule has 1 fully saturated rings. The number of aryl methyl sites for hydroxylation is 1. The fourth-order valence-electron chi connectivity index (χ4n) is 4.15. The topological polar surface area (TPSA) is 91.0 Å². The minimum absolute atomic E-state index is 0.232. The largest absolute Gasteiger partial charge is 0.383 e. The Bertz CT molecular complexity index is 1230. The molecule has 1 saturated heterocycles. The Balaban J connectivity index is 1.53. The van der Waals surface area contributed by atoms with Gasteiger partial charge >= 0.3 is 0 Å². The quantitative estimate of drug-likeness (QED) is 0.640. The van der Waals surface area contributed by atoms with Gasteiger partial charge in [-0.1, -0.05) is 20.8 Å². The summed E-state index contributed by atoms with van der Waals surface area (Å²) in [5, 5.41) is 14.9. The van der Waals surface area contributed by atoms with Crippen molar-refractivity contribution in [2.24, 2.45) is 5.41 Å². The molecule has 180 valence electrons. The number of carbonyl (C=O) groups is 2. The lowest BCUT2D eigenvalue weighted by molar-refractivity contribution is -0.149. The fourth-order valence-corrected chi connectivity index (χ4v) is 4.15. The first-order valence-corrected chi connectivity index (χ1v) is 11.4. The fraction of sp³-hybridized carbons (Fsp3) is 0.440. The third kappa shape index (κ3) is 4.52. The first-order chi connectivity index (χ1) is 16.0. The molecule has 2 aromatic heterocycles. The molecule has 34 heavy (non-hydrogen) atoms. The summed E-state index contributed by atoms with van der Waals surface area (Å²) >= 11 is 0. The lowest BCUT2D eigenvalue weighted by Crippen LogP contribution is -2.58. The maximum atomic E-state index is 13.3. The Labute approximate surface area is 198 Å². The number of aromatic nitrogens is 3. The SMILES string of the molecule is Cc1cc(-c2ccc(F)cc2)nn2cc(C(=O)N3CCN(C(=O)[C@H](O)C(C)(C)C)[C@@H](C)C3)nc12. The zero-order valence-electron chi connectivity index (χ0n) is 20.1. The Morgan fingerprint density at radius 3 is 2.47 bits per heavy atom. The number of benzene rings is 1. The molecule has 0 unspecified atom stereocenters. The van der Waals surface area contributed by atoms with Gasteiger partial charge in [0, 0.05) is 31.2 Å². The van der Waals surface area contributed by atoms with E-state index in [9.17, 15) is 19.1 Å². The van der Waals surface area contributed by atoms with Crippen LogP contribution in [0.25, 0.3) is 16.9 Å². The van der Waals surface area contributed by atoms with E-state index >= 15 is 0 Å².